The molecule has 1 atom stereocenters. The summed E-state index contributed by atoms with van der Waals surface area (Å²) in [7, 11) is 0. The minimum absolute atomic E-state index is 0.0209. The fraction of sp³-hybridized carbons (Fsp3) is 0.500. The van der Waals surface area contributed by atoms with Crippen molar-refractivity contribution in [3.8, 4) is 0 Å². The molecular formula is C16H18F3NO3. The summed E-state index contributed by atoms with van der Waals surface area (Å²) in [6, 6.07) is 4.92. The third kappa shape index (κ3) is 4.46. The highest BCUT2D eigenvalue weighted by Gasteiger charge is 2.37. The fourth-order valence-corrected chi connectivity index (χ4v) is 2.43. The van der Waals surface area contributed by atoms with Gasteiger partial charge >= 0.3 is 12.1 Å². The van der Waals surface area contributed by atoms with Crippen LogP contribution in [0.3, 0.4) is 0 Å². The second kappa shape index (κ2) is 6.60. The Bertz CT molecular complexity index is 596. The van der Waals surface area contributed by atoms with Crippen molar-refractivity contribution in [1.82, 2.24) is 4.90 Å². The second-order valence-corrected chi connectivity index (χ2v) is 5.85. The van der Waals surface area contributed by atoms with Crippen LogP contribution in [0, 0.1) is 5.92 Å². The molecule has 1 N–H and O–H groups in total. The first kappa shape index (κ1) is 17.3. The van der Waals surface area contributed by atoms with Gasteiger partial charge < -0.3 is 10.0 Å². The molecule has 126 valence electrons. The van der Waals surface area contributed by atoms with Crippen molar-refractivity contribution in [1.29, 1.82) is 0 Å². The fourth-order valence-electron chi connectivity index (χ4n) is 2.43. The van der Waals surface area contributed by atoms with Crippen molar-refractivity contribution in [3.05, 3.63) is 35.4 Å². The van der Waals surface area contributed by atoms with E-state index in [1.165, 1.54) is 30.0 Å². The lowest BCUT2D eigenvalue weighted by atomic mass is 10.0. The lowest BCUT2D eigenvalue weighted by molar-refractivity contribution is -0.143. The third-order valence-corrected chi connectivity index (χ3v) is 3.86. The van der Waals surface area contributed by atoms with Crippen LogP contribution in [0.5, 0.6) is 0 Å². The molecule has 0 unspecified atom stereocenters. The van der Waals surface area contributed by atoms with Gasteiger partial charge in [0.15, 0.2) is 0 Å². The van der Waals surface area contributed by atoms with Gasteiger partial charge in [-0.2, -0.15) is 13.2 Å². The van der Waals surface area contributed by atoms with E-state index in [0.717, 1.165) is 18.9 Å². The first-order valence-electron chi connectivity index (χ1n) is 7.37. The van der Waals surface area contributed by atoms with Gasteiger partial charge in [-0.25, -0.2) is 0 Å². The van der Waals surface area contributed by atoms with Gasteiger partial charge in [-0.3, -0.25) is 9.59 Å². The highest BCUT2D eigenvalue weighted by Crippen LogP contribution is 2.33. The van der Waals surface area contributed by atoms with Gasteiger partial charge in [0.05, 0.1) is 17.9 Å². The summed E-state index contributed by atoms with van der Waals surface area (Å²) >= 11 is 0. The average molecular weight is 329 g/mol. The summed E-state index contributed by atoms with van der Waals surface area (Å²) in [5.41, 5.74) is -0.908. The van der Waals surface area contributed by atoms with Crippen LogP contribution in [0.1, 0.15) is 30.9 Å². The Balaban J connectivity index is 2.15. The van der Waals surface area contributed by atoms with E-state index in [1.54, 1.807) is 0 Å². The predicted molar refractivity (Wildman–Crippen MR) is 76.7 cm³/mol. The van der Waals surface area contributed by atoms with Crippen molar-refractivity contribution < 1.29 is 27.9 Å². The number of benzene rings is 1. The van der Waals surface area contributed by atoms with Crippen LogP contribution in [0.4, 0.5) is 13.2 Å². The maximum absolute atomic E-state index is 13.0. The number of alkyl halides is 3. The average Bonchev–Trinajstić information content (AvgIpc) is 3.28. The van der Waals surface area contributed by atoms with Gasteiger partial charge in [0.1, 0.15) is 0 Å². The van der Waals surface area contributed by atoms with Gasteiger partial charge in [-0.05, 0) is 24.5 Å². The molecule has 1 aliphatic carbocycles. The number of hydrogen-bond donors (Lipinski definition) is 1. The van der Waals surface area contributed by atoms with Crippen molar-refractivity contribution >= 4 is 11.9 Å². The molecule has 1 fully saturated rings. The molecule has 0 heterocycles. The van der Waals surface area contributed by atoms with Crippen LogP contribution in [0.15, 0.2) is 24.3 Å². The molecule has 1 aromatic rings. The number of carbonyl (C=O) groups excluding carboxylic acids is 1. The molecule has 0 saturated heterocycles. The van der Waals surface area contributed by atoms with E-state index in [2.05, 4.69) is 0 Å². The molecule has 1 saturated carbocycles. The molecule has 2 rings (SSSR count). The SMILES string of the molecule is C[C@H](CN(C(=O)Cc1ccccc1C(F)(F)F)C1CC1)C(=O)O. The zero-order chi connectivity index (χ0) is 17.2. The molecule has 7 heteroatoms. The number of carboxylic acids is 1. The molecule has 0 aromatic heterocycles. The summed E-state index contributed by atoms with van der Waals surface area (Å²) in [6.45, 7) is 1.50. The number of nitrogens with zero attached hydrogens (tertiary/aromatic N) is 1. The topological polar surface area (TPSA) is 57.6 Å². The van der Waals surface area contributed by atoms with Crippen molar-refractivity contribution in [2.45, 2.75) is 38.4 Å². The number of aliphatic carboxylic acids is 1. The van der Waals surface area contributed by atoms with Crippen LogP contribution in [-0.2, 0) is 22.2 Å². The summed E-state index contributed by atoms with van der Waals surface area (Å²) in [5.74, 6) is -2.24. The molecule has 4 nitrogen and oxygen atoms in total. The Morgan fingerprint density at radius 2 is 1.91 bits per heavy atom. The first-order chi connectivity index (χ1) is 10.7. The van der Waals surface area contributed by atoms with Crippen LogP contribution in [0.2, 0.25) is 0 Å². The van der Waals surface area contributed by atoms with Crippen molar-refractivity contribution in [3.63, 3.8) is 0 Å². The summed E-state index contributed by atoms with van der Waals surface area (Å²) in [6.07, 6.45) is -3.37. The minimum Gasteiger partial charge on any atom is -0.481 e. The number of carboxylic acid groups (broad SMARTS) is 1. The molecule has 23 heavy (non-hydrogen) atoms. The highest BCUT2D eigenvalue weighted by molar-refractivity contribution is 5.80. The number of amides is 1. The lowest BCUT2D eigenvalue weighted by Crippen LogP contribution is -2.39. The minimum atomic E-state index is -4.52. The molecule has 1 aliphatic rings. The quantitative estimate of drug-likeness (QED) is 0.873. The summed E-state index contributed by atoms with van der Waals surface area (Å²) < 4.78 is 39.0. The highest BCUT2D eigenvalue weighted by atomic mass is 19.4. The normalized spacial score (nSPS) is 16.0. The maximum atomic E-state index is 13.0. The molecule has 0 spiro atoms. The van der Waals surface area contributed by atoms with Gasteiger partial charge in [0.2, 0.25) is 5.91 Å². The Hall–Kier alpha value is -2.05. The van der Waals surface area contributed by atoms with E-state index >= 15 is 0 Å². The third-order valence-electron chi connectivity index (χ3n) is 3.86. The van der Waals surface area contributed by atoms with E-state index in [-0.39, 0.29) is 24.6 Å². The smallest absolute Gasteiger partial charge is 0.416 e. The van der Waals surface area contributed by atoms with Gasteiger partial charge in [-0.15, -0.1) is 0 Å². The summed E-state index contributed by atoms with van der Waals surface area (Å²) in [4.78, 5) is 24.8. The summed E-state index contributed by atoms with van der Waals surface area (Å²) in [5, 5.41) is 8.97. The predicted octanol–water partition coefficient (Wildman–Crippen LogP) is 2.96. The Morgan fingerprint density at radius 1 is 1.30 bits per heavy atom. The molecule has 1 amide bonds. The zero-order valence-corrected chi connectivity index (χ0v) is 12.6. The van der Waals surface area contributed by atoms with Crippen molar-refractivity contribution in [2.75, 3.05) is 6.54 Å². The first-order valence-corrected chi connectivity index (χ1v) is 7.37. The van der Waals surface area contributed by atoms with E-state index in [9.17, 15) is 22.8 Å². The monoisotopic (exact) mass is 329 g/mol. The number of halogens is 3. The maximum Gasteiger partial charge on any atom is 0.416 e. The number of hydrogen-bond acceptors (Lipinski definition) is 2. The Kier molecular flexibility index (Phi) is 4.97. The lowest BCUT2D eigenvalue weighted by Gasteiger charge is -2.25. The largest absolute Gasteiger partial charge is 0.481 e. The molecular weight excluding hydrogens is 311 g/mol. The van der Waals surface area contributed by atoms with Crippen molar-refractivity contribution in [2.24, 2.45) is 5.92 Å². The van der Waals surface area contributed by atoms with Gasteiger partial charge in [0, 0.05) is 12.6 Å². The number of carbonyl (C=O) groups is 2. The Morgan fingerprint density at radius 3 is 2.43 bits per heavy atom. The second-order valence-electron chi connectivity index (χ2n) is 5.85. The molecule has 1 aromatic carbocycles. The van der Waals surface area contributed by atoms with E-state index in [4.69, 9.17) is 5.11 Å². The van der Waals surface area contributed by atoms with E-state index < -0.39 is 29.5 Å². The van der Waals surface area contributed by atoms with Gasteiger partial charge in [-0.1, -0.05) is 25.1 Å². The van der Waals surface area contributed by atoms with Crippen LogP contribution in [-0.4, -0.2) is 34.5 Å². The van der Waals surface area contributed by atoms with E-state index in [0.29, 0.717) is 0 Å². The zero-order valence-electron chi connectivity index (χ0n) is 12.6. The van der Waals surface area contributed by atoms with Gasteiger partial charge in [0.25, 0.3) is 0 Å². The molecule has 0 bridgehead atoms. The number of rotatable bonds is 6. The van der Waals surface area contributed by atoms with E-state index in [1.807, 2.05) is 0 Å². The van der Waals surface area contributed by atoms with Crippen LogP contribution in [0.25, 0.3) is 0 Å². The standard InChI is InChI=1S/C16H18F3NO3/c1-10(15(22)23)9-20(12-6-7-12)14(21)8-11-4-2-3-5-13(11)16(17,18)19/h2-5,10,12H,6-9H2,1H3,(H,22,23)/t10-/m1/s1. The molecule has 0 aliphatic heterocycles. The van der Waals surface area contributed by atoms with Crippen LogP contribution < -0.4 is 0 Å². The Labute approximate surface area is 131 Å². The van der Waals surface area contributed by atoms with Crippen LogP contribution >= 0.6 is 0 Å². The molecule has 0 radical (unpaired) electrons.